The molecule has 2 aromatic rings. The molecule has 1 amide bonds. The van der Waals surface area contributed by atoms with Crippen LogP contribution < -0.4 is 15.4 Å². The number of para-hydroxylation sites is 2. The molecule has 160 valence electrons. The highest BCUT2D eigenvalue weighted by molar-refractivity contribution is 6.42. The highest BCUT2D eigenvalue weighted by Gasteiger charge is 2.39. The number of benzene rings is 2. The van der Waals surface area contributed by atoms with E-state index in [-0.39, 0.29) is 11.7 Å². The van der Waals surface area contributed by atoms with Crippen molar-refractivity contribution in [3.63, 3.8) is 0 Å². The third-order valence-corrected chi connectivity index (χ3v) is 6.50. The smallest absolute Gasteiger partial charge is 0.254 e. The summed E-state index contributed by atoms with van der Waals surface area (Å²) in [4.78, 5) is 26.5. The van der Waals surface area contributed by atoms with Crippen LogP contribution in [-0.4, -0.2) is 18.8 Å². The molecule has 5 nitrogen and oxygen atoms in total. The van der Waals surface area contributed by atoms with E-state index < -0.39 is 5.92 Å². The molecule has 2 aromatic carbocycles. The summed E-state index contributed by atoms with van der Waals surface area (Å²) in [6, 6.07) is 12.5. The van der Waals surface area contributed by atoms with Crippen LogP contribution in [0.25, 0.3) is 0 Å². The number of anilines is 1. The van der Waals surface area contributed by atoms with Crippen LogP contribution in [0.4, 0.5) is 5.69 Å². The van der Waals surface area contributed by atoms with Crippen LogP contribution in [0.5, 0.6) is 5.75 Å². The lowest BCUT2D eigenvalue weighted by Crippen LogP contribution is -2.35. The highest BCUT2D eigenvalue weighted by Crippen LogP contribution is 2.45. The maximum atomic E-state index is 13.5. The number of hydrogen-bond donors (Lipinski definition) is 2. The lowest BCUT2D eigenvalue weighted by Gasteiger charge is -2.35. The van der Waals surface area contributed by atoms with E-state index >= 15 is 0 Å². The largest absolute Gasteiger partial charge is 0.495 e. The zero-order chi connectivity index (χ0) is 22.1. The molecule has 0 fully saturated rings. The Morgan fingerprint density at radius 3 is 2.68 bits per heavy atom. The van der Waals surface area contributed by atoms with Crippen molar-refractivity contribution in [1.82, 2.24) is 5.32 Å². The van der Waals surface area contributed by atoms with E-state index in [0.29, 0.717) is 50.3 Å². The van der Waals surface area contributed by atoms with E-state index in [2.05, 4.69) is 10.6 Å². The molecule has 0 spiro atoms. The number of methoxy groups -OCH3 is 1. The molecular weight excluding hydrogens is 435 g/mol. The van der Waals surface area contributed by atoms with Gasteiger partial charge in [-0.1, -0.05) is 47.5 Å². The Morgan fingerprint density at radius 2 is 1.90 bits per heavy atom. The van der Waals surface area contributed by atoms with Gasteiger partial charge in [0.1, 0.15) is 5.75 Å². The SMILES string of the molecule is COc1ccccc1NC(=O)C1=C(C)NC2=C(C(=O)CCC2)C1c1cccc(Cl)c1Cl. The van der Waals surface area contributed by atoms with Gasteiger partial charge in [0.25, 0.3) is 5.91 Å². The van der Waals surface area contributed by atoms with Crippen molar-refractivity contribution < 1.29 is 14.3 Å². The Labute approximate surface area is 191 Å². The normalized spacial score (nSPS) is 18.5. The lowest BCUT2D eigenvalue weighted by molar-refractivity contribution is -0.116. The van der Waals surface area contributed by atoms with Crippen LogP contribution in [0.1, 0.15) is 37.7 Å². The summed E-state index contributed by atoms with van der Waals surface area (Å²) in [6.45, 7) is 1.84. The molecule has 1 heterocycles. The van der Waals surface area contributed by atoms with Gasteiger partial charge >= 0.3 is 0 Å². The number of allylic oxidation sites excluding steroid dienone is 3. The molecule has 2 N–H and O–H groups in total. The fourth-order valence-electron chi connectivity index (χ4n) is 4.28. The molecule has 1 aliphatic heterocycles. The number of halogens is 2. The third kappa shape index (κ3) is 3.95. The van der Waals surface area contributed by atoms with Gasteiger partial charge in [0.15, 0.2) is 5.78 Å². The molecule has 0 saturated carbocycles. The maximum absolute atomic E-state index is 13.5. The first kappa shape index (κ1) is 21.5. The molecule has 0 bridgehead atoms. The molecule has 1 atom stereocenters. The minimum Gasteiger partial charge on any atom is -0.495 e. The summed E-state index contributed by atoms with van der Waals surface area (Å²) < 4.78 is 5.36. The Bertz CT molecular complexity index is 1140. The summed E-state index contributed by atoms with van der Waals surface area (Å²) in [5, 5.41) is 6.96. The number of ketones is 1. The Morgan fingerprint density at radius 1 is 1.13 bits per heavy atom. The van der Waals surface area contributed by atoms with Crippen molar-refractivity contribution in [3.05, 3.63) is 80.6 Å². The van der Waals surface area contributed by atoms with Gasteiger partial charge in [-0.15, -0.1) is 0 Å². The first-order valence-corrected chi connectivity index (χ1v) is 10.8. The number of hydrogen-bond acceptors (Lipinski definition) is 4. The average Bonchev–Trinajstić information content (AvgIpc) is 2.75. The van der Waals surface area contributed by atoms with Crippen LogP contribution in [0.15, 0.2) is 65.0 Å². The lowest BCUT2D eigenvalue weighted by atomic mass is 9.75. The number of Topliss-reactive ketones (excluding diaryl/α,β-unsaturated/α-hetero) is 1. The Hall–Kier alpha value is -2.76. The zero-order valence-corrected chi connectivity index (χ0v) is 18.7. The number of dihydropyridines is 1. The van der Waals surface area contributed by atoms with E-state index in [4.69, 9.17) is 27.9 Å². The van der Waals surface area contributed by atoms with Gasteiger partial charge < -0.3 is 15.4 Å². The van der Waals surface area contributed by atoms with E-state index in [1.807, 2.05) is 25.1 Å². The van der Waals surface area contributed by atoms with Crippen molar-refractivity contribution in [2.45, 2.75) is 32.1 Å². The number of nitrogens with one attached hydrogen (secondary N) is 2. The molecule has 7 heteroatoms. The van der Waals surface area contributed by atoms with Crippen molar-refractivity contribution >= 4 is 40.6 Å². The number of rotatable bonds is 4. The zero-order valence-electron chi connectivity index (χ0n) is 17.2. The summed E-state index contributed by atoms with van der Waals surface area (Å²) in [7, 11) is 1.55. The molecule has 0 aromatic heterocycles. The molecule has 0 radical (unpaired) electrons. The number of carbonyl (C=O) groups is 2. The first-order valence-electron chi connectivity index (χ1n) is 10.0. The van der Waals surface area contributed by atoms with Crippen molar-refractivity contribution in [3.8, 4) is 5.75 Å². The molecule has 2 aliphatic rings. The second-order valence-corrected chi connectivity index (χ2v) is 8.35. The van der Waals surface area contributed by atoms with E-state index in [0.717, 1.165) is 18.5 Å². The monoisotopic (exact) mass is 456 g/mol. The van der Waals surface area contributed by atoms with Crippen molar-refractivity contribution in [2.24, 2.45) is 0 Å². The quantitative estimate of drug-likeness (QED) is 0.627. The van der Waals surface area contributed by atoms with Gasteiger partial charge in [-0.3, -0.25) is 9.59 Å². The van der Waals surface area contributed by atoms with Gasteiger partial charge in [0.2, 0.25) is 0 Å². The van der Waals surface area contributed by atoms with E-state index in [1.54, 1.807) is 31.4 Å². The minimum atomic E-state index is -0.607. The van der Waals surface area contributed by atoms with Crippen LogP contribution in [0, 0.1) is 0 Å². The van der Waals surface area contributed by atoms with E-state index in [9.17, 15) is 9.59 Å². The second kappa shape index (κ2) is 8.77. The first-order chi connectivity index (χ1) is 14.9. The summed E-state index contributed by atoms with van der Waals surface area (Å²) in [5.41, 5.74) is 3.74. The molecule has 1 aliphatic carbocycles. The molecule has 4 rings (SSSR count). The maximum Gasteiger partial charge on any atom is 0.254 e. The standard InChI is InChI=1S/C24H22Cl2N2O3/c1-13-20(24(30)28-16-9-3-4-12-19(16)31-2)21(14-7-5-8-15(25)23(14)26)22-17(27-13)10-6-11-18(22)29/h3-5,7-9,12,21,27H,6,10-11H2,1-2H3,(H,28,30). The molecule has 0 saturated heterocycles. The topological polar surface area (TPSA) is 67.4 Å². The predicted octanol–water partition coefficient (Wildman–Crippen LogP) is 5.61. The summed E-state index contributed by atoms with van der Waals surface area (Å²) in [6.07, 6.45) is 1.96. The third-order valence-electron chi connectivity index (χ3n) is 5.67. The van der Waals surface area contributed by atoms with Gasteiger partial charge in [0, 0.05) is 34.9 Å². The number of amides is 1. The van der Waals surface area contributed by atoms with Gasteiger partial charge in [-0.25, -0.2) is 0 Å². The highest BCUT2D eigenvalue weighted by atomic mass is 35.5. The molecule has 1 unspecified atom stereocenters. The second-order valence-electron chi connectivity index (χ2n) is 7.56. The number of ether oxygens (including phenoxy) is 1. The van der Waals surface area contributed by atoms with Crippen molar-refractivity contribution in [2.75, 3.05) is 12.4 Å². The fourth-order valence-corrected chi connectivity index (χ4v) is 4.69. The van der Waals surface area contributed by atoms with Gasteiger partial charge in [-0.2, -0.15) is 0 Å². The summed E-state index contributed by atoms with van der Waals surface area (Å²) >= 11 is 12.9. The van der Waals surface area contributed by atoms with Crippen LogP contribution in [0.3, 0.4) is 0 Å². The molecule has 31 heavy (non-hydrogen) atoms. The van der Waals surface area contributed by atoms with E-state index in [1.165, 1.54) is 0 Å². The predicted molar refractivity (Wildman–Crippen MR) is 123 cm³/mol. The van der Waals surface area contributed by atoms with Crippen LogP contribution in [-0.2, 0) is 9.59 Å². The molecular formula is C24H22Cl2N2O3. The van der Waals surface area contributed by atoms with Gasteiger partial charge in [0.05, 0.1) is 22.8 Å². The van der Waals surface area contributed by atoms with Crippen LogP contribution in [0.2, 0.25) is 10.0 Å². The minimum absolute atomic E-state index is 0.0184. The van der Waals surface area contributed by atoms with Gasteiger partial charge in [-0.05, 0) is 43.5 Å². The van der Waals surface area contributed by atoms with Crippen LogP contribution >= 0.6 is 23.2 Å². The fraction of sp³-hybridized carbons (Fsp3) is 0.250. The van der Waals surface area contributed by atoms with Crippen molar-refractivity contribution in [1.29, 1.82) is 0 Å². The Balaban J connectivity index is 1.84. The Kier molecular flexibility index (Phi) is 6.08. The summed E-state index contributed by atoms with van der Waals surface area (Å²) in [5.74, 6) is -0.376. The number of carbonyl (C=O) groups excluding carboxylic acids is 2. The average molecular weight is 457 g/mol.